The van der Waals surface area contributed by atoms with Gasteiger partial charge < -0.3 is 5.32 Å². The van der Waals surface area contributed by atoms with Gasteiger partial charge in [0.15, 0.2) is 0 Å². The molecule has 0 radical (unpaired) electrons. The summed E-state index contributed by atoms with van der Waals surface area (Å²) in [6.45, 7) is 1.25. The summed E-state index contributed by atoms with van der Waals surface area (Å²) < 4.78 is 37.5. The molecule has 112 valence electrons. The maximum Gasteiger partial charge on any atom is 0.129 e. The molecule has 0 aliphatic heterocycles. The molecule has 0 saturated carbocycles. The van der Waals surface area contributed by atoms with E-state index in [9.17, 15) is 13.0 Å². The molecule has 0 aromatic heterocycles. The van der Waals surface area contributed by atoms with Crippen molar-refractivity contribution in [1.82, 2.24) is 5.32 Å². The molecule has 0 bridgehead atoms. The predicted molar refractivity (Wildman–Crippen MR) is 80.5 cm³/mol. The Morgan fingerprint density at radius 3 is 2.43 bits per heavy atom. The number of benzene rings is 2. The van der Waals surface area contributed by atoms with E-state index in [0.29, 0.717) is 25.1 Å². The van der Waals surface area contributed by atoms with Gasteiger partial charge in [-0.15, -0.1) is 0 Å². The topological polar surface area (TPSA) is 29.1 Å². The Morgan fingerprint density at radius 2 is 1.81 bits per heavy atom. The minimum Gasteiger partial charge on any atom is -0.312 e. The first-order valence-electron chi connectivity index (χ1n) is 6.63. The molecule has 0 spiro atoms. The maximum absolute atomic E-state index is 13.4. The van der Waals surface area contributed by atoms with E-state index < -0.39 is 22.4 Å². The summed E-state index contributed by atoms with van der Waals surface area (Å²) in [5, 5.41) is 3.20. The van der Waals surface area contributed by atoms with Gasteiger partial charge in [-0.05, 0) is 42.3 Å². The molecule has 21 heavy (non-hydrogen) atoms. The van der Waals surface area contributed by atoms with Crippen molar-refractivity contribution in [3.8, 4) is 0 Å². The van der Waals surface area contributed by atoms with E-state index in [-0.39, 0.29) is 0 Å². The van der Waals surface area contributed by atoms with Crippen molar-refractivity contribution in [3.63, 3.8) is 0 Å². The smallest absolute Gasteiger partial charge is 0.129 e. The van der Waals surface area contributed by atoms with E-state index in [0.717, 1.165) is 16.5 Å². The summed E-state index contributed by atoms with van der Waals surface area (Å²) in [5.74, 6) is -1.07. The van der Waals surface area contributed by atoms with Crippen LogP contribution in [0, 0.1) is 11.6 Å². The molecule has 2 aromatic carbocycles. The van der Waals surface area contributed by atoms with Crippen LogP contribution in [0.3, 0.4) is 0 Å². The highest BCUT2D eigenvalue weighted by atomic mass is 32.2. The SMILES string of the molecule is CS(=O)c1ccc(CNCCc2ccc(F)cc2F)cc1. The van der Waals surface area contributed by atoms with Gasteiger partial charge in [0.25, 0.3) is 0 Å². The van der Waals surface area contributed by atoms with Gasteiger partial charge >= 0.3 is 0 Å². The number of rotatable bonds is 6. The Balaban J connectivity index is 1.80. The summed E-state index contributed by atoms with van der Waals surface area (Å²) in [7, 11) is -0.967. The number of hydrogen-bond acceptors (Lipinski definition) is 2. The number of hydrogen-bond donors (Lipinski definition) is 1. The highest BCUT2D eigenvalue weighted by molar-refractivity contribution is 7.84. The van der Waals surface area contributed by atoms with Crippen molar-refractivity contribution < 1.29 is 13.0 Å². The summed E-state index contributed by atoms with van der Waals surface area (Å²) in [4.78, 5) is 0.798. The third kappa shape index (κ3) is 4.72. The van der Waals surface area contributed by atoms with Crippen molar-refractivity contribution in [2.75, 3.05) is 12.8 Å². The monoisotopic (exact) mass is 309 g/mol. The van der Waals surface area contributed by atoms with E-state index in [1.54, 1.807) is 6.26 Å². The summed E-state index contributed by atoms with van der Waals surface area (Å²) >= 11 is 0. The van der Waals surface area contributed by atoms with Crippen LogP contribution in [0.15, 0.2) is 47.4 Å². The Bertz CT molecular complexity index is 629. The molecule has 2 aromatic rings. The Hall–Kier alpha value is -1.59. The second-order valence-corrected chi connectivity index (χ2v) is 6.14. The first-order valence-corrected chi connectivity index (χ1v) is 8.19. The molecular weight excluding hydrogens is 292 g/mol. The first-order chi connectivity index (χ1) is 10.1. The molecule has 5 heteroatoms. The van der Waals surface area contributed by atoms with Crippen molar-refractivity contribution in [2.24, 2.45) is 0 Å². The van der Waals surface area contributed by atoms with E-state index in [2.05, 4.69) is 5.32 Å². The van der Waals surface area contributed by atoms with E-state index in [4.69, 9.17) is 0 Å². The Morgan fingerprint density at radius 1 is 1.10 bits per heavy atom. The lowest BCUT2D eigenvalue weighted by Crippen LogP contribution is -2.17. The van der Waals surface area contributed by atoms with Crippen LogP contribution in [-0.2, 0) is 23.8 Å². The van der Waals surface area contributed by atoms with Gasteiger partial charge in [0.05, 0.1) is 0 Å². The lowest BCUT2D eigenvalue weighted by atomic mass is 10.1. The summed E-state index contributed by atoms with van der Waals surface area (Å²) in [6.07, 6.45) is 2.15. The number of halogens is 2. The summed E-state index contributed by atoms with van der Waals surface area (Å²) in [5.41, 5.74) is 1.57. The van der Waals surface area contributed by atoms with Crippen LogP contribution in [0.25, 0.3) is 0 Å². The Kier molecular flexibility index (Phi) is 5.59. The van der Waals surface area contributed by atoms with Gasteiger partial charge in [0, 0.05) is 34.6 Å². The fourth-order valence-electron chi connectivity index (χ4n) is 1.98. The van der Waals surface area contributed by atoms with Gasteiger partial charge in [-0.25, -0.2) is 8.78 Å². The zero-order chi connectivity index (χ0) is 15.2. The van der Waals surface area contributed by atoms with Crippen LogP contribution in [0.4, 0.5) is 8.78 Å². The third-order valence-electron chi connectivity index (χ3n) is 3.17. The lowest BCUT2D eigenvalue weighted by molar-refractivity contribution is 0.566. The van der Waals surface area contributed by atoms with Crippen LogP contribution in [0.2, 0.25) is 0 Å². The molecule has 1 N–H and O–H groups in total. The van der Waals surface area contributed by atoms with Gasteiger partial charge in [0.2, 0.25) is 0 Å². The normalized spacial score (nSPS) is 12.3. The van der Waals surface area contributed by atoms with Gasteiger partial charge in [-0.1, -0.05) is 18.2 Å². The van der Waals surface area contributed by atoms with Crippen LogP contribution in [-0.4, -0.2) is 17.0 Å². The van der Waals surface area contributed by atoms with Crippen LogP contribution < -0.4 is 5.32 Å². The molecule has 0 amide bonds. The molecule has 0 saturated heterocycles. The molecule has 0 fully saturated rings. The van der Waals surface area contributed by atoms with Gasteiger partial charge in [-0.3, -0.25) is 4.21 Å². The fraction of sp³-hybridized carbons (Fsp3) is 0.250. The van der Waals surface area contributed by atoms with E-state index >= 15 is 0 Å². The van der Waals surface area contributed by atoms with Crippen molar-refractivity contribution in [3.05, 3.63) is 65.2 Å². The average Bonchev–Trinajstić information content (AvgIpc) is 2.46. The van der Waals surface area contributed by atoms with E-state index in [1.165, 1.54) is 12.1 Å². The zero-order valence-corrected chi connectivity index (χ0v) is 12.6. The Labute approximate surface area is 125 Å². The number of nitrogens with one attached hydrogen (secondary N) is 1. The third-order valence-corrected chi connectivity index (χ3v) is 4.11. The molecular formula is C16H17F2NOS. The minimum absolute atomic E-state index is 0.501. The second kappa shape index (κ2) is 7.43. The lowest BCUT2D eigenvalue weighted by Gasteiger charge is -2.07. The maximum atomic E-state index is 13.4. The van der Waals surface area contributed by atoms with E-state index in [1.807, 2.05) is 24.3 Å². The zero-order valence-electron chi connectivity index (χ0n) is 11.7. The molecule has 0 aliphatic rings. The molecule has 0 aliphatic carbocycles. The molecule has 2 nitrogen and oxygen atoms in total. The predicted octanol–water partition coefficient (Wildman–Crippen LogP) is 3.03. The fourth-order valence-corrected chi connectivity index (χ4v) is 2.50. The van der Waals surface area contributed by atoms with Crippen molar-refractivity contribution in [2.45, 2.75) is 17.9 Å². The first kappa shape index (κ1) is 15.8. The second-order valence-electron chi connectivity index (χ2n) is 4.76. The molecule has 1 unspecified atom stereocenters. The van der Waals surface area contributed by atoms with Gasteiger partial charge in [-0.2, -0.15) is 0 Å². The molecule has 2 rings (SSSR count). The molecule has 0 heterocycles. The highest BCUT2D eigenvalue weighted by Gasteiger charge is 2.03. The standard InChI is InChI=1S/C16H17F2NOS/c1-21(20)15-6-2-12(3-7-15)11-19-9-8-13-4-5-14(17)10-16(13)18/h2-7,10,19H,8-9,11H2,1H3. The van der Waals surface area contributed by atoms with Gasteiger partial charge in [0.1, 0.15) is 11.6 Å². The largest absolute Gasteiger partial charge is 0.312 e. The summed E-state index contributed by atoms with van der Waals surface area (Å²) in [6, 6.07) is 11.2. The van der Waals surface area contributed by atoms with Crippen molar-refractivity contribution >= 4 is 10.8 Å². The molecule has 1 atom stereocenters. The van der Waals surface area contributed by atoms with Crippen LogP contribution in [0.1, 0.15) is 11.1 Å². The van der Waals surface area contributed by atoms with Crippen molar-refractivity contribution in [1.29, 1.82) is 0 Å². The minimum atomic E-state index is -0.967. The van der Waals surface area contributed by atoms with Crippen LogP contribution in [0.5, 0.6) is 0 Å². The van der Waals surface area contributed by atoms with Crippen LogP contribution >= 0.6 is 0 Å². The highest BCUT2D eigenvalue weighted by Crippen LogP contribution is 2.10. The quantitative estimate of drug-likeness (QED) is 0.831. The average molecular weight is 309 g/mol.